The van der Waals surface area contributed by atoms with Gasteiger partial charge in [-0.15, -0.1) is 6.42 Å². The zero-order chi connectivity index (χ0) is 23.9. The van der Waals surface area contributed by atoms with Crippen molar-refractivity contribution in [3.63, 3.8) is 0 Å². The number of terminal acetylenes is 1. The number of carbonyl (C=O) groups is 2. The van der Waals surface area contributed by atoms with Gasteiger partial charge in [-0.1, -0.05) is 25.8 Å². The second-order valence-corrected chi connectivity index (χ2v) is 10.2. The fourth-order valence-electron chi connectivity index (χ4n) is 6.63. The summed E-state index contributed by atoms with van der Waals surface area (Å²) in [7, 11) is 1.68. The number of unbranched alkanes of at least 4 members (excludes halogenated alkanes) is 1. The summed E-state index contributed by atoms with van der Waals surface area (Å²) < 4.78 is 5.50. The smallest absolute Gasteiger partial charge is 0.299 e. The number of rotatable bonds is 7. The molecule has 34 heavy (non-hydrogen) atoms. The average molecular weight is 458 g/mol. The van der Waals surface area contributed by atoms with Crippen LogP contribution in [0.25, 0.3) is 0 Å². The lowest BCUT2D eigenvalue weighted by Crippen LogP contribution is -2.78. The maximum atomic E-state index is 13.1. The van der Waals surface area contributed by atoms with Crippen LogP contribution in [-0.2, 0) is 11.2 Å². The molecule has 0 unspecified atom stereocenters. The Balaban J connectivity index is 1.44. The van der Waals surface area contributed by atoms with Gasteiger partial charge >= 0.3 is 0 Å². The van der Waals surface area contributed by atoms with Gasteiger partial charge in [-0.05, 0) is 73.4 Å². The second-order valence-electron chi connectivity index (χ2n) is 10.2. The highest BCUT2D eigenvalue weighted by Gasteiger charge is 2.73. The molecule has 2 aromatic rings. The van der Waals surface area contributed by atoms with Crippen LogP contribution in [0, 0.1) is 17.8 Å². The van der Waals surface area contributed by atoms with Crippen LogP contribution in [0.5, 0.6) is 5.75 Å². The molecule has 6 heteroatoms. The van der Waals surface area contributed by atoms with Gasteiger partial charge in [-0.3, -0.25) is 14.6 Å². The molecule has 1 aromatic carbocycles. The Morgan fingerprint density at radius 2 is 1.97 bits per heavy atom. The van der Waals surface area contributed by atoms with Gasteiger partial charge in [0.05, 0.1) is 13.2 Å². The van der Waals surface area contributed by atoms with Crippen molar-refractivity contribution in [1.29, 1.82) is 0 Å². The number of fused-ring (bicyclic) bond motifs is 1. The van der Waals surface area contributed by atoms with Gasteiger partial charge in [-0.25, -0.2) is 0 Å². The highest BCUT2D eigenvalue weighted by atomic mass is 16.5. The predicted octanol–water partition coefficient (Wildman–Crippen LogP) is 4.06. The van der Waals surface area contributed by atoms with Crippen LogP contribution in [0.15, 0.2) is 42.7 Å². The minimum Gasteiger partial charge on any atom is -0.497 e. The van der Waals surface area contributed by atoms with Gasteiger partial charge in [-0.2, -0.15) is 0 Å². The first-order valence-electron chi connectivity index (χ1n) is 12.1. The number of amides is 2. The lowest BCUT2D eigenvalue weighted by molar-refractivity contribution is -0.204. The fraction of sp³-hybridized carbons (Fsp3) is 0.464. The second kappa shape index (κ2) is 8.47. The quantitative estimate of drug-likeness (QED) is 0.637. The molecule has 1 aromatic heterocycles. The molecule has 0 radical (unpaired) electrons. The summed E-state index contributed by atoms with van der Waals surface area (Å²) >= 11 is 0. The van der Waals surface area contributed by atoms with Gasteiger partial charge in [0.25, 0.3) is 11.8 Å². The molecule has 0 spiro atoms. The molecule has 3 saturated carbocycles. The number of nitrogens with zero attached hydrogens (tertiary/aromatic N) is 2. The van der Waals surface area contributed by atoms with E-state index in [-0.39, 0.29) is 34.9 Å². The van der Waals surface area contributed by atoms with E-state index in [1.165, 1.54) is 11.1 Å². The number of hydrogen-bond acceptors (Lipinski definition) is 4. The van der Waals surface area contributed by atoms with Crippen LogP contribution in [0.3, 0.4) is 0 Å². The number of carbonyl (C=O) groups excluding carboxylic acids is 2. The third-order valence-corrected chi connectivity index (χ3v) is 7.99. The Bertz CT molecular complexity index is 1130. The molecule has 3 fully saturated rings. The first kappa shape index (κ1) is 22.5. The topological polar surface area (TPSA) is 71.5 Å². The molecule has 6 nitrogen and oxygen atoms in total. The van der Waals surface area contributed by atoms with Gasteiger partial charge < -0.3 is 15.0 Å². The maximum absolute atomic E-state index is 13.1. The summed E-state index contributed by atoms with van der Waals surface area (Å²) in [5.74, 6) is 2.95. The summed E-state index contributed by atoms with van der Waals surface area (Å²) in [4.78, 5) is 31.9. The number of ether oxygens (including phenoxy) is 1. The number of hydrogen-bond donors (Lipinski definition) is 1. The van der Waals surface area contributed by atoms with Crippen molar-refractivity contribution in [3.05, 3.63) is 59.4 Å². The Kier molecular flexibility index (Phi) is 5.59. The van der Waals surface area contributed by atoms with Crippen LogP contribution >= 0.6 is 0 Å². The van der Waals surface area contributed by atoms with E-state index in [1.807, 2.05) is 11.0 Å². The highest BCUT2D eigenvalue weighted by Crippen LogP contribution is 2.74. The molecule has 4 aliphatic rings. The Morgan fingerprint density at radius 3 is 2.62 bits per heavy atom. The molecule has 6 rings (SSSR count). The molecule has 176 valence electrons. The van der Waals surface area contributed by atoms with Crippen LogP contribution in [0.2, 0.25) is 0 Å². The SMILES string of the molecule is C#CC(=O)N1[C@@H](CCCC)Cc2cc(OC)ccc2[C@@H]1C12CC(NC(=O)c3ccncc3)(C1)C2. The standard InChI is InChI=1S/C28H31N3O3/c1-4-6-7-21-14-20-15-22(34-3)8-9-23(20)25(31(21)24(32)5-2)27-16-28(17-27,18-27)30-26(33)19-10-12-29-13-11-19/h2,8-13,15,21,25H,4,6-7,14,16-18H2,1,3H3,(H,30,33)/t21-,25+,27?,28?/m0/s1. The van der Waals surface area contributed by atoms with Crippen molar-refractivity contribution in [2.24, 2.45) is 5.41 Å². The van der Waals surface area contributed by atoms with Crippen LogP contribution in [-0.4, -0.2) is 40.4 Å². The number of aromatic nitrogens is 1. The average Bonchev–Trinajstić information content (AvgIpc) is 2.82. The van der Waals surface area contributed by atoms with Gasteiger partial charge in [0, 0.05) is 35.0 Å². The monoisotopic (exact) mass is 457 g/mol. The summed E-state index contributed by atoms with van der Waals surface area (Å²) in [6, 6.07) is 9.65. The van der Waals surface area contributed by atoms with Crippen molar-refractivity contribution in [2.45, 2.75) is 69.5 Å². The number of pyridine rings is 1. The predicted molar refractivity (Wildman–Crippen MR) is 129 cm³/mol. The number of benzene rings is 1. The summed E-state index contributed by atoms with van der Waals surface area (Å²) in [5.41, 5.74) is 2.77. The van der Waals surface area contributed by atoms with Crippen molar-refractivity contribution >= 4 is 11.8 Å². The molecule has 1 N–H and O–H groups in total. The summed E-state index contributed by atoms with van der Waals surface area (Å²) in [6.07, 6.45) is 15.3. The molecule has 2 atom stereocenters. The van der Waals surface area contributed by atoms with Crippen molar-refractivity contribution < 1.29 is 14.3 Å². The lowest BCUT2D eigenvalue weighted by atomic mass is 9.36. The summed E-state index contributed by atoms with van der Waals surface area (Å²) in [6.45, 7) is 2.17. The van der Waals surface area contributed by atoms with Gasteiger partial charge in [0.15, 0.2) is 0 Å². The minimum absolute atomic E-state index is 0.0632. The highest BCUT2D eigenvalue weighted by molar-refractivity contribution is 5.95. The molecule has 2 amide bonds. The van der Waals surface area contributed by atoms with Crippen LogP contribution in [0.4, 0.5) is 0 Å². The third-order valence-electron chi connectivity index (χ3n) is 7.99. The fourth-order valence-corrected chi connectivity index (χ4v) is 6.63. The number of methoxy groups -OCH3 is 1. The zero-order valence-corrected chi connectivity index (χ0v) is 19.8. The van der Waals surface area contributed by atoms with Gasteiger partial charge in [0.1, 0.15) is 5.75 Å². The van der Waals surface area contributed by atoms with E-state index in [9.17, 15) is 9.59 Å². The molecule has 3 aliphatic carbocycles. The minimum atomic E-state index is -0.229. The Labute approximate surface area is 201 Å². The van der Waals surface area contributed by atoms with Crippen molar-refractivity contribution in [3.8, 4) is 18.1 Å². The first-order valence-corrected chi connectivity index (χ1v) is 12.1. The van der Waals surface area contributed by atoms with E-state index in [2.05, 4.69) is 35.3 Å². The van der Waals surface area contributed by atoms with E-state index in [4.69, 9.17) is 11.2 Å². The zero-order valence-electron chi connectivity index (χ0n) is 19.8. The van der Waals surface area contributed by atoms with E-state index in [0.29, 0.717) is 5.56 Å². The molecule has 0 saturated heterocycles. The van der Waals surface area contributed by atoms with Crippen molar-refractivity contribution in [2.75, 3.05) is 7.11 Å². The third kappa shape index (κ3) is 3.55. The van der Waals surface area contributed by atoms with Crippen LogP contribution in [0.1, 0.15) is 73.0 Å². The molecular weight excluding hydrogens is 426 g/mol. The van der Waals surface area contributed by atoms with E-state index < -0.39 is 0 Å². The van der Waals surface area contributed by atoms with Crippen molar-refractivity contribution in [1.82, 2.24) is 15.2 Å². The Hall–Kier alpha value is -3.33. The normalized spacial score (nSPS) is 28.6. The first-order chi connectivity index (χ1) is 16.4. The molecule has 1 aliphatic heterocycles. The number of nitrogens with one attached hydrogen (secondary N) is 1. The van der Waals surface area contributed by atoms with E-state index in [1.54, 1.807) is 31.6 Å². The molecule has 2 bridgehead atoms. The Morgan fingerprint density at radius 1 is 1.24 bits per heavy atom. The molecular formula is C28H31N3O3. The summed E-state index contributed by atoms with van der Waals surface area (Å²) in [5, 5.41) is 3.25. The van der Waals surface area contributed by atoms with Gasteiger partial charge in [0.2, 0.25) is 0 Å². The van der Waals surface area contributed by atoms with E-state index >= 15 is 0 Å². The maximum Gasteiger partial charge on any atom is 0.299 e. The lowest BCUT2D eigenvalue weighted by Gasteiger charge is -2.74. The van der Waals surface area contributed by atoms with Crippen LogP contribution < -0.4 is 10.1 Å². The van der Waals surface area contributed by atoms with E-state index in [0.717, 1.165) is 50.7 Å². The largest absolute Gasteiger partial charge is 0.497 e. The molecule has 2 heterocycles.